The van der Waals surface area contributed by atoms with Gasteiger partial charge in [0.15, 0.2) is 0 Å². The quantitative estimate of drug-likeness (QED) is 0.599. The SMILES string of the molecule is CCN1CCC[C@@H]1C(=O)N[C@H](C(=O)N[C@H](C(=O)NC)C1CCCCC1)C(C)(C)C. The Labute approximate surface area is 175 Å². The molecule has 7 heteroatoms. The summed E-state index contributed by atoms with van der Waals surface area (Å²) in [5, 5.41) is 8.69. The van der Waals surface area contributed by atoms with Crippen LogP contribution in [0.5, 0.6) is 0 Å². The largest absolute Gasteiger partial charge is 0.357 e. The fourth-order valence-electron chi connectivity index (χ4n) is 4.67. The summed E-state index contributed by atoms with van der Waals surface area (Å²) in [6, 6.07) is -1.41. The number of carbonyl (C=O) groups is 3. The van der Waals surface area contributed by atoms with Crippen molar-refractivity contribution in [3.63, 3.8) is 0 Å². The number of likely N-dealkylation sites (tertiary alicyclic amines) is 1. The smallest absolute Gasteiger partial charge is 0.243 e. The number of rotatable bonds is 7. The summed E-state index contributed by atoms with van der Waals surface area (Å²) < 4.78 is 0. The van der Waals surface area contributed by atoms with Gasteiger partial charge < -0.3 is 16.0 Å². The van der Waals surface area contributed by atoms with Crippen molar-refractivity contribution in [3.05, 3.63) is 0 Å². The molecule has 2 rings (SSSR count). The van der Waals surface area contributed by atoms with Crippen molar-refractivity contribution in [1.82, 2.24) is 20.9 Å². The Hall–Kier alpha value is -1.63. The molecule has 166 valence electrons. The lowest BCUT2D eigenvalue weighted by atomic mass is 9.82. The molecular formula is C22H40N4O3. The predicted molar refractivity (Wildman–Crippen MR) is 114 cm³/mol. The molecule has 1 heterocycles. The molecule has 1 saturated heterocycles. The standard InChI is InChI=1S/C22H40N4O3/c1-6-26-14-10-13-16(26)19(27)25-18(22(2,3)4)21(29)24-17(20(28)23-5)15-11-8-7-9-12-15/h15-18H,6-14H2,1-5H3,(H,23,28)(H,24,29)(H,25,27)/t16-,17+,18-/m1/s1. The summed E-state index contributed by atoms with van der Waals surface area (Å²) in [6.45, 7) is 9.63. The molecule has 0 bridgehead atoms. The summed E-state index contributed by atoms with van der Waals surface area (Å²) in [7, 11) is 1.60. The van der Waals surface area contributed by atoms with Crippen LogP contribution >= 0.6 is 0 Å². The van der Waals surface area contributed by atoms with Crippen LogP contribution in [0.1, 0.15) is 72.6 Å². The minimum atomic E-state index is -0.690. The summed E-state index contributed by atoms with van der Waals surface area (Å²) in [4.78, 5) is 40.9. The normalized spacial score (nSPS) is 23.3. The van der Waals surface area contributed by atoms with Gasteiger partial charge in [-0.3, -0.25) is 19.3 Å². The van der Waals surface area contributed by atoms with Gasteiger partial charge in [-0.25, -0.2) is 0 Å². The fraction of sp³-hybridized carbons (Fsp3) is 0.864. The number of nitrogens with zero attached hydrogens (tertiary/aromatic N) is 1. The zero-order valence-corrected chi connectivity index (χ0v) is 18.8. The topological polar surface area (TPSA) is 90.5 Å². The molecule has 0 unspecified atom stereocenters. The minimum absolute atomic E-state index is 0.0893. The van der Waals surface area contributed by atoms with Crippen molar-refractivity contribution >= 4 is 17.7 Å². The average Bonchev–Trinajstić information content (AvgIpc) is 3.18. The maximum Gasteiger partial charge on any atom is 0.243 e. The Balaban J connectivity index is 2.12. The van der Waals surface area contributed by atoms with E-state index in [-0.39, 0.29) is 29.7 Å². The van der Waals surface area contributed by atoms with E-state index in [1.165, 1.54) is 6.42 Å². The summed E-state index contributed by atoms with van der Waals surface area (Å²) in [5.41, 5.74) is -0.463. The van der Waals surface area contributed by atoms with Crippen LogP contribution in [0, 0.1) is 11.3 Å². The van der Waals surface area contributed by atoms with Crippen LogP contribution in [0.4, 0.5) is 0 Å². The van der Waals surface area contributed by atoms with E-state index < -0.39 is 17.5 Å². The van der Waals surface area contributed by atoms with E-state index in [2.05, 4.69) is 27.8 Å². The van der Waals surface area contributed by atoms with Gasteiger partial charge in [0.25, 0.3) is 0 Å². The van der Waals surface area contributed by atoms with Gasteiger partial charge in [-0.2, -0.15) is 0 Å². The van der Waals surface area contributed by atoms with E-state index in [1.807, 2.05) is 20.8 Å². The van der Waals surface area contributed by atoms with Gasteiger partial charge in [-0.05, 0) is 50.1 Å². The molecule has 3 atom stereocenters. The van der Waals surface area contributed by atoms with E-state index in [1.54, 1.807) is 7.05 Å². The van der Waals surface area contributed by atoms with Crippen LogP contribution < -0.4 is 16.0 Å². The lowest BCUT2D eigenvalue weighted by Crippen LogP contribution is -2.60. The second-order valence-corrected chi connectivity index (χ2v) is 9.59. The van der Waals surface area contributed by atoms with Gasteiger partial charge in [0.1, 0.15) is 12.1 Å². The highest BCUT2D eigenvalue weighted by Crippen LogP contribution is 2.28. The molecule has 1 saturated carbocycles. The molecule has 2 aliphatic rings. The zero-order valence-electron chi connectivity index (χ0n) is 18.8. The molecule has 3 amide bonds. The van der Waals surface area contributed by atoms with Crippen LogP contribution in [-0.4, -0.2) is 60.9 Å². The van der Waals surface area contributed by atoms with Gasteiger partial charge in [0.2, 0.25) is 17.7 Å². The molecule has 29 heavy (non-hydrogen) atoms. The summed E-state index contributed by atoms with van der Waals surface area (Å²) in [6.07, 6.45) is 7.06. The molecule has 7 nitrogen and oxygen atoms in total. The van der Waals surface area contributed by atoms with Crippen LogP contribution in [0.15, 0.2) is 0 Å². The molecule has 0 radical (unpaired) electrons. The van der Waals surface area contributed by atoms with Gasteiger partial charge >= 0.3 is 0 Å². The van der Waals surface area contributed by atoms with Crippen molar-refractivity contribution in [3.8, 4) is 0 Å². The molecule has 1 aliphatic heterocycles. The van der Waals surface area contributed by atoms with E-state index in [9.17, 15) is 14.4 Å². The molecule has 1 aliphatic carbocycles. The van der Waals surface area contributed by atoms with E-state index in [4.69, 9.17) is 0 Å². The first-order chi connectivity index (χ1) is 13.7. The number of hydrogen-bond donors (Lipinski definition) is 3. The third kappa shape index (κ3) is 6.17. The predicted octanol–water partition coefficient (Wildman–Crippen LogP) is 1.81. The van der Waals surface area contributed by atoms with Crippen LogP contribution in [-0.2, 0) is 14.4 Å². The molecule has 0 aromatic rings. The second kappa shape index (κ2) is 10.4. The number of carbonyl (C=O) groups excluding carboxylic acids is 3. The summed E-state index contributed by atoms with van der Waals surface area (Å²) >= 11 is 0. The lowest BCUT2D eigenvalue weighted by molar-refractivity contribution is -0.136. The third-order valence-corrected chi connectivity index (χ3v) is 6.44. The van der Waals surface area contributed by atoms with Gasteiger partial charge in [-0.15, -0.1) is 0 Å². The van der Waals surface area contributed by atoms with Gasteiger partial charge in [0.05, 0.1) is 6.04 Å². The van der Waals surface area contributed by atoms with Crippen molar-refractivity contribution in [2.24, 2.45) is 11.3 Å². The molecule has 0 aromatic heterocycles. The Kier molecular flexibility index (Phi) is 8.49. The lowest BCUT2D eigenvalue weighted by Gasteiger charge is -2.35. The number of hydrogen-bond acceptors (Lipinski definition) is 4. The third-order valence-electron chi connectivity index (χ3n) is 6.44. The first kappa shape index (κ1) is 23.6. The number of nitrogens with one attached hydrogen (secondary N) is 3. The number of amides is 3. The van der Waals surface area contributed by atoms with E-state index in [0.717, 1.165) is 51.6 Å². The molecule has 0 aromatic carbocycles. The van der Waals surface area contributed by atoms with Crippen LogP contribution in [0.3, 0.4) is 0 Å². The highest BCUT2D eigenvalue weighted by atomic mass is 16.2. The molecule has 0 spiro atoms. The maximum atomic E-state index is 13.2. The first-order valence-corrected chi connectivity index (χ1v) is 11.3. The van der Waals surface area contributed by atoms with Crippen molar-refractivity contribution in [2.45, 2.75) is 90.8 Å². The number of likely N-dealkylation sites (N-methyl/N-ethyl adjacent to an activating group) is 2. The summed E-state index contributed by atoms with van der Waals surface area (Å²) in [5.74, 6) is -0.369. The monoisotopic (exact) mass is 408 g/mol. The van der Waals surface area contributed by atoms with Crippen LogP contribution in [0.25, 0.3) is 0 Å². The van der Waals surface area contributed by atoms with Crippen molar-refractivity contribution < 1.29 is 14.4 Å². The highest BCUT2D eigenvalue weighted by molar-refractivity contribution is 5.93. The van der Waals surface area contributed by atoms with Gasteiger partial charge in [-0.1, -0.05) is 47.0 Å². The zero-order chi connectivity index (χ0) is 21.6. The first-order valence-electron chi connectivity index (χ1n) is 11.3. The van der Waals surface area contributed by atoms with E-state index in [0.29, 0.717) is 0 Å². The fourth-order valence-corrected chi connectivity index (χ4v) is 4.67. The van der Waals surface area contributed by atoms with Crippen molar-refractivity contribution in [2.75, 3.05) is 20.1 Å². The Bertz CT molecular complexity index is 581. The Morgan fingerprint density at radius 2 is 1.62 bits per heavy atom. The highest BCUT2D eigenvalue weighted by Gasteiger charge is 2.39. The van der Waals surface area contributed by atoms with Gasteiger partial charge in [0, 0.05) is 7.05 Å². The Morgan fingerprint density at radius 3 is 2.17 bits per heavy atom. The average molecular weight is 409 g/mol. The molecule has 2 fully saturated rings. The van der Waals surface area contributed by atoms with Crippen molar-refractivity contribution in [1.29, 1.82) is 0 Å². The van der Waals surface area contributed by atoms with E-state index >= 15 is 0 Å². The van der Waals surface area contributed by atoms with Crippen LogP contribution in [0.2, 0.25) is 0 Å². The second-order valence-electron chi connectivity index (χ2n) is 9.59. The Morgan fingerprint density at radius 1 is 0.966 bits per heavy atom. The minimum Gasteiger partial charge on any atom is -0.357 e. The molecule has 3 N–H and O–H groups in total. The maximum absolute atomic E-state index is 13.2. The molecular weight excluding hydrogens is 368 g/mol.